The van der Waals surface area contributed by atoms with Gasteiger partial charge in [0.15, 0.2) is 5.54 Å². The molecule has 0 radical (unpaired) electrons. The number of ether oxygens (including phenoxy) is 1. The van der Waals surface area contributed by atoms with Gasteiger partial charge in [0.05, 0.1) is 6.61 Å². The molecule has 0 fully saturated rings. The lowest BCUT2D eigenvalue weighted by Crippen LogP contribution is -2.59. The molecule has 1 aliphatic rings. The molecule has 0 saturated heterocycles. The van der Waals surface area contributed by atoms with Gasteiger partial charge < -0.3 is 9.84 Å². The summed E-state index contributed by atoms with van der Waals surface area (Å²) in [6, 6.07) is 22.3. The summed E-state index contributed by atoms with van der Waals surface area (Å²) in [5, 5.41) is 9.86. The van der Waals surface area contributed by atoms with Crippen LogP contribution in [-0.4, -0.2) is 42.5 Å². The Morgan fingerprint density at radius 1 is 0.906 bits per heavy atom. The van der Waals surface area contributed by atoms with Gasteiger partial charge in [-0.3, -0.25) is 4.90 Å². The van der Waals surface area contributed by atoms with E-state index in [4.69, 9.17) is 4.74 Å². The van der Waals surface area contributed by atoms with Crippen LogP contribution >= 0.6 is 0 Å². The normalized spacial score (nSPS) is 14.9. The van der Waals surface area contributed by atoms with E-state index in [2.05, 4.69) is 0 Å². The average molecular weight is 441 g/mol. The first-order chi connectivity index (χ1) is 15.3. The molecule has 1 atom stereocenters. The number of alkyl halides is 3. The maximum absolute atomic E-state index is 14.2. The quantitative estimate of drug-likeness (QED) is 0.583. The molecule has 3 aromatic rings. The zero-order valence-corrected chi connectivity index (χ0v) is 17.3. The molecule has 0 bridgehead atoms. The monoisotopic (exact) mass is 441 g/mol. The fourth-order valence-electron chi connectivity index (χ4n) is 4.40. The van der Waals surface area contributed by atoms with Gasteiger partial charge in [0, 0.05) is 13.0 Å². The fourth-order valence-corrected chi connectivity index (χ4v) is 4.40. The van der Waals surface area contributed by atoms with Crippen molar-refractivity contribution >= 4 is 6.09 Å². The minimum absolute atomic E-state index is 0.120. The number of aliphatic hydroxyl groups excluding tert-OH is 1. The maximum Gasteiger partial charge on any atom is 0.418 e. The van der Waals surface area contributed by atoms with Crippen molar-refractivity contribution in [3.05, 3.63) is 95.6 Å². The van der Waals surface area contributed by atoms with E-state index in [0.29, 0.717) is 4.90 Å². The van der Waals surface area contributed by atoms with Crippen LogP contribution in [0.5, 0.6) is 0 Å². The summed E-state index contributed by atoms with van der Waals surface area (Å²) in [5.74, 6) is -0.286. The van der Waals surface area contributed by atoms with E-state index in [0.717, 1.165) is 29.3 Å². The first-order valence-electron chi connectivity index (χ1n) is 10.1. The standard InChI is InChI=1S/C25H22F3NO3/c1-29(24(16-30,25(26,27)28)17-9-3-2-4-10-17)23(31)32-15-22-20-13-7-5-11-18(20)19-12-6-8-14-21(19)22/h2-14,22,30H,15-16H2,1H3. The van der Waals surface area contributed by atoms with Gasteiger partial charge in [-0.2, -0.15) is 13.2 Å². The Bertz CT molecular complexity index is 1070. The number of rotatable bonds is 5. The number of benzene rings is 3. The number of amides is 1. The topological polar surface area (TPSA) is 49.8 Å². The molecule has 32 heavy (non-hydrogen) atoms. The summed E-state index contributed by atoms with van der Waals surface area (Å²) in [5.41, 5.74) is 0.777. The maximum atomic E-state index is 14.2. The van der Waals surface area contributed by atoms with E-state index >= 15 is 0 Å². The molecule has 1 unspecified atom stereocenters. The highest BCUT2D eigenvalue weighted by atomic mass is 19.4. The Hall–Kier alpha value is -3.32. The summed E-state index contributed by atoms with van der Waals surface area (Å²) in [4.78, 5) is 13.3. The molecule has 1 N–H and O–H groups in total. The van der Waals surface area contributed by atoms with Crippen LogP contribution in [0.4, 0.5) is 18.0 Å². The van der Waals surface area contributed by atoms with Gasteiger partial charge in [0.2, 0.25) is 0 Å². The van der Waals surface area contributed by atoms with E-state index in [1.807, 2.05) is 48.5 Å². The van der Waals surface area contributed by atoms with Crippen LogP contribution in [0.15, 0.2) is 78.9 Å². The molecule has 4 nitrogen and oxygen atoms in total. The Kier molecular flexibility index (Phi) is 5.69. The van der Waals surface area contributed by atoms with Crippen molar-refractivity contribution in [1.82, 2.24) is 4.90 Å². The van der Waals surface area contributed by atoms with Crippen LogP contribution in [0.25, 0.3) is 11.1 Å². The fraction of sp³-hybridized carbons (Fsp3) is 0.240. The van der Waals surface area contributed by atoms with Crippen molar-refractivity contribution in [2.24, 2.45) is 0 Å². The second kappa shape index (κ2) is 8.31. The number of halogens is 3. The van der Waals surface area contributed by atoms with Gasteiger partial charge in [0.1, 0.15) is 6.61 Å². The highest BCUT2D eigenvalue weighted by molar-refractivity contribution is 5.79. The Morgan fingerprint density at radius 2 is 1.41 bits per heavy atom. The summed E-state index contributed by atoms with van der Waals surface area (Å²) < 4.78 is 48.0. The van der Waals surface area contributed by atoms with Gasteiger partial charge in [-0.05, 0) is 27.8 Å². The largest absolute Gasteiger partial charge is 0.448 e. The number of carbonyl (C=O) groups is 1. The van der Waals surface area contributed by atoms with Crippen LogP contribution in [0.1, 0.15) is 22.6 Å². The molecule has 166 valence electrons. The predicted octanol–water partition coefficient (Wildman–Crippen LogP) is 5.32. The number of likely N-dealkylation sites (N-methyl/N-ethyl adjacent to an activating group) is 1. The number of aliphatic hydroxyl groups is 1. The van der Waals surface area contributed by atoms with E-state index in [9.17, 15) is 23.1 Å². The van der Waals surface area contributed by atoms with Crippen molar-refractivity contribution in [3.63, 3.8) is 0 Å². The highest BCUT2D eigenvalue weighted by Gasteiger charge is 2.60. The molecule has 7 heteroatoms. The first kappa shape index (κ1) is 21.9. The number of fused-ring (bicyclic) bond motifs is 3. The zero-order valence-electron chi connectivity index (χ0n) is 17.3. The molecule has 0 aromatic heterocycles. The van der Waals surface area contributed by atoms with Crippen molar-refractivity contribution < 1.29 is 27.8 Å². The van der Waals surface area contributed by atoms with E-state index in [-0.39, 0.29) is 18.1 Å². The summed E-state index contributed by atoms with van der Waals surface area (Å²) in [7, 11) is 0.996. The average Bonchev–Trinajstić information content (AvgIpc) is 3.12. The molecule has 0 saturated carbocycles. The number of nitrogens with zero attached hydrogens (tertiary/aromatic N) is 1. The van der Waals surface area contributed by atoms with Crippen LogP contribution in [-0.2, 0) is 10.3 Å². The lowest BCUT2D eigenvalue weighted by atomic mass is 9.88. The summed E-state index contributed by atoms with van der Waals surface area (Å²) in [6.45, 7) is -1.45. The van der Waals surface area contributed by atoms with E-state index in [1.165, 1.54) is 24.3 Å². The Morgan fingerprint density at radius 3 is 1.91 bits per heavy atom. The van der Waals surface area contributed by atoms with Gasteiger partial charge in [-0.15, -0.1) is 0 Å². The van der Waals surface area contributed by atoms with Gasteiger partial charge in [-0.25, -0.2) is 4.79 Å². The minimum atomic E-state index is -4.93. The molecule has 1 aliphatic carbocycles. The van der Waals surface area contributed by atoms with Gasteiger partial charge in [-0.1, -0.05) is 78.9 Å². The third kappa shape index (κ3) is 3.42. The molecule has 0 spiro atoms. The van der Waals surface area contributed by atoms with Crippen molar-refractivity contribution in [1.29, 1.82) is 0 Å². The molecule has 0 aliphatic heterocycles. The molecule has 0 heterocycles. The molecule has 1 amide bonds. The van der Waals surface area contributed by atoms with Crippen molar-refractivity contribution in [3.8, 4) is 11.1 Å². The number of hydrogen-bond donors (Lipinski definition) is 1. The first-order valence-corrected chi connectivity index (χ1v) is 10.1. The smallest absolute Gasteiger partial charge is 0.418 e. The van der Waals surface area contributed by atoms with Gasteiger partial charge in [0.25, 0.3) is 0 Å². The Balaban J connectivity index is 1.61. The zero-order chi connectivity index (χ0) is 22.9. The highest BCUT2D eigenvalue weighted by Crippen LogP contribution is 2.46. The third-order valence-electron chi connectivity index (χ3n) is 6.13. The van der Waals surface area contributed by atoms with E-state index < -0.39 is 24.4 Å². The number of hydrogen-bond acceptors (Lipinski definition) is 3. The molecular weight excluding hydrogens is 419 g/mol. The lowest BCUT2D eigenvalue weighted by Gasteiger charge is -2.41. The van der Waals surface area contributed by atoms with Gasteiger partial charge >= 0.3 is 12.3 Å². The second-order valence-electron chi connectivity index (χ2n) is 7.75. The van der Waals surface area contributed by atoms with Crippen molar-refractivity contribution in [2.75, 3.05) is 20.3 Å². The minimum Gasteiger partial charge on any atom is -0.448 e. The Labute approximate surface area is 183 Å². The summed E-state index contributed by atoms with van der Waals surface area (Å²) in [6.07, 6.45) is -6.09. The van der Waals surface area contributed by atoms with Crippen LogP contribution in [0.3, 0.4) is 0 Å². The lowest BCUT2D eigenvalue weighted by molar-refractivity contribution is -0.239. The van der Waals surface area contributed by atoms with E-state index in [1.54, 1.807) is 6.07 Å². The summed E-state index contributed by atoms with van der Waals surface area (Å²) >= 11 is 0. The third-order valence-corrected chi connectivity index (χ3v) is 6.13. The second-order valence-corrected chi connectivity index (χ2v) is 7.75. The molecule has 3 aromatic carbocycles. The number of carbonyl (C=O) groups excluding carboxylic acids is 1. The SMILES string of the molecule is CN(C(=O)OCC1c2ccccc2-c2ccccc21)C(CO)(c1ccccc1)C(F)(F)F. The molecular formula is C25H22F3NO3. The van der Waals surface area contributed by atoms with Crippen LogP contribution < -0.4 is 0 Å². The molecule has 4 rings (SSSR count). The van der Waals surface area contributed by atoms with Crippen LogP contribution in [0.2, 0.25) is 0 Å². The van der Waals surface area contributed by atoms with Crippen molar-refractivity contribution in [2.45, 2.75) is 17.6 Å². The predicted molar refractivity (Wildman–Crippen MR) is 114 cm³/mol. The van der Waals surface area contributed by atoms with Crippen LogP contribution in [0, 0.1) is 0 Å².